The molecule has 2 aromatic heterocycles. The van der Waals surface area contributed by atoms with Crippen molar-refractivity contribution in [1.82, 2.24) is 24.3 Å². The van der Waals surface area contributed by atoms with Crippen LogP contribution in [0.25, 0.3) is 0 Å². The van der Waals surface area contributed by atoms with Crippen molar-refractivity contribution >= 4 is 17.2 Å². The first kappa shape index (κ1) is 17.7. The lowest BCUT2D eigenvalue weighted by atomic mass is 9.75. The number of nitrogens with zero attached hydrogens (tertiary/aromatic N) is 5. The lowest BCUT2D eigenvalue weighted by Crippen LogP contribution is -2.39. The van der Waals surface area contributed by atoms with E-state index in [0.29, 0.717) is 12.6 Å². The van der Waals surface area contributed by atoms with Crippen molar-refractivity contribution < 1.29 is 4.79 Å². The van der Waals surface area contributed by atoms with Crippen LogP contribution in [0.5, 0.6) is 0 Å². The average Bonchev–Trinajstić information content (AvgIpc) is 3.33. The van der Waals surface area contributed by atoms with Gasteiger partial charge in [0.25, 0.3) is 0 Å². The maximum Gasteiger partial charge on any atom is 0.231 e. The zero-order valence-corrected chi connectivity index (χ0v) is 16.8. The van der Waals surface area contributed by atoms with Crippen LogP contribution >= 0.6 is 11.3 Å². The summed E-state index contributed by atoms with van der Waals surface area (Å²) in [5.74, 6) is 0.443. The van der Waals surface area contributed by atoms with Crippen LogP contribution in [0.4, 0.5) is 0 Å². The SMILES string of the molecule is Cc1nc(CN2CC[C@]3(CN(C)C[C@@H]3c3cn(C(C)C)cn3)C2=O)cs1. The normalized spacial score (nSPS) is 26.7. The molecule has 1 spiro atoms. The van der Waals surface area contributed by atoms with E-state index in [1.165, 1.54) is 0 Å². The van der Waals surface area contributed by atoms with Gasteiger partial charge < -0.3 is 14.4 Å². The van der Waals surface area contributed by atoms with E-state index in [9.17, 15) is 4.79 Å². The van der Waals surface area contributed by atoms with E-state index in [4.69, 9.17) is 0 Å². The number of amides is 1. The molecule has 0 N–H and O–H groups in total. The van der Waals surface area contributed by atoms with Crippen molar-refractivity contribution in [2.75, 3.05) is 26.7 Å². The quantitative estimate of drug-likeness (QED) is 0.827. The van der Waals surface area contributed by atoms with Crippen molar-refractivity contribution in [2.24, 2.45) is 5.41 Å². The fraction of sp³-hybridized carbons (Fsp3) is 0.632. The number of hydrogen-bond donors (Lipinski definition) is 0. The van der Waals surface area contributed by atoms with Crippen LogP contribution in [0.15, 0.2) is 17.9 Å². The maximum absolute atomic E-state index is 13.5. The van der Waals surface area contributed by atoms with E-state index < -0.39 is 0 Å². The predicted octanol–water partition coefficient (Wildman–Crippen LogP) is 2.68. The lowest BCUT2D eigenvalue weighted by molar-refractivity contribution is -0.136. The van der Waals surface area contributed by atoms with E-state index in [1.54, 1.807) is 11.3 Å². The number of aromatic nitrogens is 3. The van der Waals surface area contributed by atoms with Crippen molar-refractivity contribution in [2.45, 2.75) is 45.7 Å². The summed E-state index contributed by atoms with van der Waals surface area (Å²) in [5, 5.41) is 3.12. The summed E-state index contributed by atoms with van der Waals surface area (Å²) in [4.78, 5) is 26.9. The molecular formula is C19H27N5OS. The van der Waals surface area contributed by atoms with E-state index >= 15 is 0 Å². The molecule has 2 atom stereocenters. The zero-order chi connectivity index (χ0) is 18.5. The first-order valence-corrected chi connectivity index (χ1v) is 10.2. The van der Waals surface area contributed by atoms with Crippen molar-refractivity contribution in [3.05, 3.63) is 34.3 Å². The van der Waals surface area contributed by atoms with Crippen molar-refractivity contribution in [3.63, 3.8) is 0 Å². The summed E-state index contributed by atoms with van der Waals surface area (Å²) in [7, 11) is 2.11. The van der Waals surface area contributed by atoms with Gasteiger partial charge in [-0.15, -0.1) is 11.3 Å². The van der Waals surface area contributed by atoms with Gasteiger partial charge in [0.05, 0.1) is 34.7 Å². The number of likely N-dealkylation sites (tertiary alicyclic amines) is 2. The molecular weight excluding hydrogens is 346 g/mol. The molecule has 6 nitrogen and oxygen atoms in total. The number of hydrogen-bond acceptors (Lipinski definition) is 5. The number of carbonyl (C=O) groups excluding carboxylic acids is 1. The third-order valence-electron chi connectivity index (χ3n) is 5.85. The summed E-state index contributed by atoms with van der Waals surface area (Å²) in [6.45, 7) is 9.46. The molecule has 2 aromatic rings. The molecule has 0 saturated carbocycles. The number of rotatable bonds is 4. The molecule has 0 bridgehead atoms. The third-order valence-corrected chi connectivity index (χ3v) is 6.67. The number of carbonyl (C=O) groups is 1. The largest absolute Gasteiger partial charge is 0.336 e. The van der Waals surface area contributed by atoms with Gasteiger partial charge in [-0.1, -0.05) is 0 Å². The summed E-state index contributed by atoms with van der Waals surface area (Å²) < 4.78 is 2.14. The molecule has 4 rings (SSSR count). The van der Waals surface area contributed by atoms with Gasteiger partial charge in [0.1, 0.15) is 0 Å². The highest BCUT2D eigenvalue weighted by molar-refractivity contribution is 7.09. The van der Waals surface area contributed by atoms with E-state index in [1.807, 2.05) is 18.2 Å². The van der Waals surface area contributed by atoms with Crippen LogP contribution in [0, 0.1) is 12.3 Å². The molecule has 0 unspecified atom stereocenters. The minimum atomic E-state index is -0.337. The summed E-state index contributed by atoms with van der Waals surface area (Å²) in [6, 6.07) is 0.384. The standard InChI is InChI=1S/C19H27N5OS/c1-13(2)24-9-17(20-12-24)16-8-22(4)11-19(16)5-6-23(18(19)25)7-15-10-26-14(3)21-15/h9-10,12-13,16H,5-8,11H2,1-4H3/t16-,19-/m1/s1. The number of thiazole rings is 1. The molecule has 26 heavy (non-hydrogen) atoms. The molecule has 4 heterocycles. The highest BCUT2D eigenvalue weighted by atomic mass is 32.1. The molecule has 2 aliphatic rings. The van der Waals surface area contributed by atoms with Gasteiger partial charge in [-0.05, 0) is 34.2 Å². The van der Waals surface area contributed by atoms with Crippen LogP contribution in [0.2, 0.25) is 0 Å². The van der Waals surface area contributed by atoms with Crippen LogP contribution in [-0.2, 0) is 11.3 Å². The van der Waals surface area contributed by atoms with Gasteiger partial charge in [-0.2, -0.15) is 0 Å². The predicted molar refractivity (Wildman–Crippen MR) is 102 cm³/mol. The van der Waals surface area contributed by atoms with E-state index in [-0.39, 0.29) is 17.2 Å². The van der Waals surface area contributed by atoms with Gasteiger partial charge in [0, 0.05) is 43.2 Å². The molecule has 0 radical (unpaired) electrons. The Morgan fingerprint density at radius 2 is 2.23 bits per heavy atom. The summed E-state index contributed by atoms with van der Waals surface area (Å²) in [5.41, 5.74) is 1.73. The molecule has 140 valence electrons. The van der Waals surface area contributed by atoms with Crippen molar-refractivity contribution in [3.8, 4) is 0 Å². The Morgan fingerprint density at radius 1 is 1.42 bits per heavy atom. The third kappa shape index (κ3) is 2.87. The topological polar surface area (TPSA) is 54.3 Å². The van der Waals surface area contributed by atoms with Crippen LogP contribution in [0.3, 0.4) is 0 Å². The second-order valence-corrected chi connectivity index (χ2v) is 9.14. The van der Waals surface area contributed by atoms with Crippen LogP contribution in [-0.4, -0.2) is 56.9 Å². The monoisotopic (exact) mass is 373 g/mol. The maximum atomic E-state index is 13.5. The van der Waals surface area contributed by atoms with Crippen LogP contribution < -0.4 is 0 Å². The molecule has 2 aliphatic heterocycles. The van der Waals surface area contributed by atoms with Gasteiger partial charge in [0.2, 0.25) is 5.91 Å². The van der Waals surface area contributed by atoms with Gasteiger partial charge in [-0.25, -0.2) is 9.97 Å². The van der Waals surface area contributed by atoms with Gasteiger partial charge in [-0.3, -0.25) is 4.79 Å². The molecule has 0 aliphatic carbocycles. The van der Waals surface area contributed by atoms with Crippen LogP contribution in [0.1, 0.15) is 48.6 Å². The second kappa shape index (κ2) is 6.46. The zero-order valence-electron chi connectivity index (χ0n) is 16.0. The smallest absolute Gasteiger partial charge is 0.231 e. The molecule has 2 saturated heterocycles. The molecule has 2 fully saturated rings. The van der Waals surface area contributed by atoms with Crippen molar-refractivity contribution in [1.29, 1.82) is 0 Å². The first-order valence-electron chi connectivity index (χ1n) is 9.31. The number of likely N-dealkylation sites (N-methyl/N-ethyl adjacent to an activating group) is 1. The fourth-order valence-electron chi connectivity index (χ4n) is 4.49. The Labute approximate surface area is 158 Å². The first-order chi connectivity index (χ1) is 12.4. The Kier molecular flexibility index (Phi) is 4.39. The lowest BCUT2D eigenvalue weighted by Gasteiger charge is -2.27. The van der Waals surface area contributed by atoms with E-state index in [2.05, 4.69) is 51.9 Å². The minimum Gasteiger partial charge on any atom is -0.336 e. The fourth-order valence-corrected chi connectivity index (χ4v) is 5.09. The Morgan fingerprint density at radius 3 is 2.88 bits per heavy atom. The van der Waals surface area contributed by atoms with Gasteiger partial charge in [0.15, 0.2) is 0 Å². The minimum absolute atomic E-state index is 0.169. The van der Waals surface area contributed by atoms with Gasteiger partial charge >= 0.3 is 0 Å². The summed E-state index contributed by atoms with van der Waals surface area (Å²) in [6.07, 6.45) is 4.94. The summed E-state index contributed by atoms with van der Waals surface area (Å²) >= 11 is 1.65. The number of aryl methyl sites for hydroxylation is 1. The Balaban J connectivity index is 1.59. The Bertz CT molecular complexity index is 812. The molecule has 7 heteroatoms. The molecule has 0 aromatic carbocycles. The highest BCUT2D eigenvalue weighted by Gasteiger charge is 2.57. The second-order valence-electron chi connectivity index (χ2n) is 8.08. The molecule has 1 amide bonds. The highest BCUT2D eigenvalue weighted by Crippen LogP contribution is 2.49. The average molecular weight is 374 g/mol. The number of imidazole rings is 1. The Hall–Kier alpha value is -1.73. The van der Waals surface area contributed by atoms with E-state index in [0.717, 1.165) is 42.5 Å².